The zero-order valence-electron chi connectivity index (χ0n) is 34.4. The number of rotatable bonds is 11. The van der Waals surface area contributed by atoms with Crippen molar-refractivity contribution in [1.29, 1.82) is 0 Å². The van der Waals surface area contributed by atoms with Gasteiger partial charge < -0.3 is 4.90 Å². The summed E-state index contributed by atoms with van der Waals surface area (Å²) in [6.45, 7) is 0. The van der Waals surface area contributed by atoms with Crippen LogP contribution in [-0.4, -0.2) is 8.07 Å². The normalized spacial score (nSPS) is 11.2. The van der Waals surface area contributed by atoms with Crippen LogP contribution in [0.15, 0.2) is 273 Å². The van der Waals surface area contributed by atoms with Crippen LogP contribution >= 0.6 is 0 Å². The number of nitrogens with zero attached hydrogens (tertiary/aromatic N) is 1. The first-order valence-corrected chi connectivity index (χ1v) is 23.3. The third-order valence-electron chi connectivity index (χ3n) is 12.0. The summed E-state index contributed by atoms with van der Waals surface area (Å²) in [4.78, 5) is 2.44. The first-order valence-electron chi connectivity index (χ1n) is 21.3. The molecule has 294 valence electrons. The van der Waals surface area contributed by atoms with Gasteiger partial charge in [-0.25, -0.2) is 0 Å². The topological polar surface area (TPSA) is 3.24 Å². The first-order chi connectivity index (χ1) is 30.8. The average Bonchev–Trinajstić information content (AvgIpc) is 3.37. The molecule has 0 atom stereocenters. The molecule has 1 nitrogen and oxygen atoms in total. The highest BCUT2D eigenvalue weighted by atomic mass is 28.3. The van der Waals surface area contributed by atoms with Gasteiger partial charge in [0.15, 0.2) is 8.07 Å². The minimum absolute atomic E-state index is 1.08. The molecule has 0 radical (unpaired) electrons. The van der Waals surface area contributed by atoms with Gasteiger partial charge in [0.2, 0.25) is 0 Å². The Morgan fingerprint density at radius 3 is 1.15 bits per heavy atom. The molecule has 0 saturated carbocycles. The molecule has 62 heavy (non-hydrogen) atoms. The van der Waals surface area contributed by atoms with E-state index in [0.29, 0.717) is 0 Å². The van der Waals surface area contributed by atoms with Crippen molar-refractivity contribution < 1.29 is 0 Å². The largest absolute Gasteiger partial charge is 0.309 e. The molecule has 0 spiro atoms. The van der Waals surface area contributed by atoms with E-state index in [1.54, 1.807) is 0 Å². The zero-order valence-corrected chi connectivity index (χ0v) is 35.4. The van der Waals surface area contributed by atoms with Gasteiger partial charge in [0.25, 0.3) is 0 Å². The van der Waals surface area contributed by atoms with Gasteiger partial charge in [-0.05, 0) is 84.5 Å². The number of hydrogen-bond donors (Lipinski definition) is 0. The van der Waals surface area contributed by atoms with Crippen molar-refractivity contribution in [3.05, 3.63) is 273 Å². The minimum atomic E-state index is -2.70. The molecule has 0 aliphatic rings. The van der Waals surface area contributed by atoms with Gasteiger partial charge in [-0.1, -0.05) is 243 Å². The molecule has 0 unspecified atom stereocenters. The summed E-state index contributed by atoms with van der Waals surface area (Å²) < 4.78 is 0. The van der Waals surface area contributed by atoms with Gasteiger partial charge >= 0.3 is 0 Å². The van der Waals surface area contributed by atoms with Crippen LogP contribution in [0.2, 0.25) is 0 Å². The van der Waals surface area contributed by atoms with Crippen LogP contribution in [0.25, 0.3) is 44.5 Å². The Kier molecular flexibility index (Phi) is 10.8. The molecule has 10 rings (SSSR count). The van der Waals surface area contributed by atoms with Crippen LogP contribution in [0.3, 0.4) is 0 Å². The average molecular weight is 808 g/mol. The van der Waals surface area contributed by atoms with E-state index < -0.39 is 8.07 Å². The summed E-state index contributed by atoms with van der Waals surface area (Å²) in [5, 5.41) is 5.45. The number of benzene rings is 10. The predicted octanol–water partition coefficient (Wildman–Crippen LogP) is 13.2. The highest BCUT2D eigenvalue weighted by molar-refractivity contribution is 7.19. The minimum Gasteiger partial charge on any atom is -0.309 e. The molecule has 0 heterocycles. The lowest BCUT2D eigenvalue weighted by Gasteiger charge is -2.34. The van der Waals surface area contributed by atoms with E-state index >= 15 is 0 Å². The molecule has 2 heteroatoms. The third-order valence-corrected chi connectivity index (χ3v) is 16.8. The van der Waals surface area contributed by atoms with E-state index in [-0.39, 0.29) is 0 Å². The van der Waals surface area contributed by atoms with Crippen LogP contribution in [0.1, 0.15) is 0 Å². The Labute approximate surface area is 366 Å². The standard InChI is InChI=1S/C60H45NSi/c1-7-22-46(23-8-1)51-40-43-60(58(45-51)49-26-11-3-12-27-49)61(59-37-20-19-36-57(59)48-24-9-2-10-25-48)52-41-38-47(39-42-52)50-28-21-35-56(44-50)62(53-29-13-4-14-30-53,54-31-15-5-16-32-54)55-33-17-6-18-34-55/h1-45H. The van der Waals surface area contributed by atoms with Gasteiger partial charge in [0, 0.05) is 16.8 Å². The van der Waals surface area contributed by atoms with Gasteiger partial charge in [0.1, 0.15) is 0 Å². The first kappa shape index (κ1) is 38.4. The maximum absolute atomic E-state index is 2.70. The lowest BCUT2D eigenvalue weighted by atomic mass is 9.95. The van der Waals surface area contributed by atoms with E-state index in [1.807, 2.05) is 0 Å². The molecule has 10 aromatic rings. The monoisotopic (exact) mass is 807 g/mol. The lowest BCUT2D eigenvalue weighted by Crippen LogP contribution is -2.74. The summed E-state index contributed by atoms with van der Waals surface area (Å²) in [5.41, 5.74) is 12.7. The molecular weight excluding hydrogens is 763 g/mol. The fourth-order valence-electron chi connectivity index (χ4n) is 9.13. The molecule has 0 aliphatic heterocycles. The predicted molar refractivity (Wildman–Crippen MR) is 266 cm³/mol. The van der Waals surface area contributed by atoms with Crippen LogP contribution in [-0.2, 0) is 0 Å². The van der Waals surface area contributed by atoms with Crippen LogP contribution in [0.4, 0.5) is 17.1 Å². The summed E-state index contributed by atoms with van der Waals surface area (Å²) in [5.74, 6) is 0. The summed E-state index contributed by atoms with van der Waals surface area (Å²) in [6, 6.07) is 99.8. The van der Waals surface area contributed by atoms with Gasteiger partial charge in [-0.15, -0.1) is 0 Å². The van der Waals surface area contributed by atoms with Gasteiger partial charge in [0.05, 0.1) is 11.4 Å². The van der Waals surface area contributed by atoms with Gasteiger partial charge in [-0.3, -0.25) is 0 Å². The lowest BCUT2D eigenvalue weighted by molar-refractivity contribution is 1.28. The Morgan fingerprint density at radius 1 is 0.226 bits per heavy atom. The SMILES string of the molecule is c1ccc(-c2ccc(N(c3ccc(-c4cccc([Si](c5ccccc5)(c5ccccc5)c5ccccc5)c4)cc3)c3ccccc3-c3ccccc3)c(-c3ccccc3)c2)cc1. The fraction of sp³-hybridized carbons (Fsp3) is 0. The van der Waals surface area contributed by atoms with Crippen molar-refractivity contribution in [3.8, 4) is 44.5 Å². The Balaban J connectivity index is 1.14. The van der Waals surface area contributed by atoms with E-state index in [4.69, 9.17) is 0 Å². The van der Waals surface area contributed by atoms with Crippen molar-refractivity contribution in [2.75, 3.05) is 4.90 Å². The summed E-state index contributed by atoms with van der Waals surface area (Å²) in [7, 11) is -2.70. The third kappa shape index (κ3) is 7.38. The second-order valence-electron chi connectivity index (χ2n) is 15.7. The molecule has 0 amide bonds. The summed E-state index contributed by atoms with van der Waals surface area (Å²) >= 11 is 0. The number of hydrogen-bond acceptors (Lipinski definition) is 1. The second kappa shape index (κ2) is 17.4. The maximum atomic E-state index is 2.45. The quantitative estimate of drug-likeness (QED) is 0.0929. The number of anilines is 3. The summed E-state index contributed by atoms with van der Waals surface area (Å²) in [6.07, 6.45) is 0. The Hall–Kier alpha value is -7.78. The molecular formula is C60H45NSi. The van der Waals surface area contributed by atoms with E-state index in [1.165, 1.54) is 59.7 Å². The van der Waals surface area contributed by atoms with Gasteiger partial charge in [-0.2, -0.15) is 0 Å². The molecule has 0 saturated heterocycles. The van der Waals surface area contributed by atoms with E-state index in [0.717, 1.165) is 22.6 Å². The van der Waals surface area contributed by atoms with Crippen molar-refractivity contribution in [1.82, 2.24) is 0 Å². The Bertz CT molecular complexity index is 2930. The van der Waals surface area contributed by atoms with Crippen molar-refractivity contribution in [2.45, 2.75) is 0 Å². The molecule has 10 aromatic carbocycles. The van der Waals surface area contributed by atoms with Crippen LogP contribution in [0, 0.1) is 0 Å². The van der Waals surface area contributed by atoms with Crippen LogP contribution < -0.4 is 25.6 Å². The van der Waals surface area contributed by atoms with Crippen LogP contribution in [0.5, 0.6) is 0 Å². The fourth-order valence-corrected chi connectivity index (χ4v) is 13.9. The van der Waals surface area contributed by atoms with E-state index in [2.05, 4.69) is 278 Å². The van der Waals surface area contributed by atoms with Crippen molar-refractivity contribution >= 4 is 45.9 Å². The van der Waals surface area contributed by atoms with Crippen molar-refractivity contribution in [2.24, 2.45) is 0 Å². The molecule has 0 aliphatic carbocycles. The smallest absolute Gasteiger partial charge is 0.179 e. The van der Waals surface area contributed by atoms with E-state index in [9.17, 15) is 0 Å². The highest BCUT2D eigenvalue weighted by Gasteiger charge is 2.41. The van der Waals surface area contributed by atoms with Crippen molar-refractivity contribution in [3.63, 3.8) is 0 Å². The zero-order chi connectivity index (χ0) is 41.6. The second-order valence-corrected chi connectivity index (χ2v) is 19.5. The Morgan fingerprint density at radius 2 is 0.597 bits per heavy atom. The maximum Gasteiger partial charge on any atom is 0.179 e. The number of para-hydroxylation sites is 1. The molecule has 0 fully saturated rings. The molecule has 0 N–H and O–H groups in total. The molecule has 0 bridgehead atoms. The highest BCUT2D eigenvalue weighted by Crippen LogP contribution is 2.46. The molecule has 0 aromatic heterocycles.